The number of fused-ring (bicyclic) bond motifs is 3. The molecule has 0 bridgehead atoms. The minimum Gasteiger partial charge on any atom is -0.508 e. The Morgan fingerprint density at radius 3 is 2.94 bits per heavy atom. The Balaban J connectivity index is 2.59. The number of aryl methyl sites for hydroxylation is 1. The van der Waals surface area contributed by atoms with Crippen molar-refractivity contribution in [3.05, 3.63) is 24.0 Å². The van der Waals surface area contributed by atoms with Crippen LogP contribution in [0.15, 0.2) is 18.2 Å². The molecular weight excluding hydrogens is 204 g/mol. The number of anilines is 1. The molecule has 0 aliphatic carbocycles. The third-order valence-corrected chi connectivity index (χ3v) is 2.55. The number of nitrogens with one attached hydrogen (secondary N) is 1. The molecule has 3 aromatic rings. The van der Waals surface area contributed by atoms with Crippen LogP contribution in [-0.2, 0) is 0 Å². The highest BCUT2D eigenvalue weighted by molar-refractivity contribution is 6.06. The first kappa shape index (κ1) is 8.96. The van der Waals surface area contributed by atoms with Crippen molar-refractivity contribution in [1.29, 1.82) is 0 Å². The van der Waals surface area contributed by atoms with Gasteiger partial charge >= 0.3 is 0 Å². The lowest BCUT2D eigenvalue weighted by Gasteiger charge is -2.01. The molecule has 0 saturated heterocycles. The number of pyridine rings is 1. The van der Waals surface area contributed by atoms with Crippen molar-refractivity contribution in [2.24, 2.45) is 0 Å². The molecule has 5 nitrogen and oxygen atoms in total. The summed E-state index contributed by atoms with van der Waals surface area (Å²) in [6.45, 7) is 1.86. The van der Waals surface area contributed by atoms with E-state index >= 15 is 0 Å². The minimum absolute atomic E-state index is 0.195. The summed E-state index contributed by atoms with van der Waals surface area (Å²) in [6.07, 6.45) is 0. The molecular formula is C11H10N4O. The van der Waals surface area contributed by atoms with Gasteiger partial charge in [0.15, 0.2) is 0 Å². The summed E-state index contributed by atoms with van der Waals surface area (Å²) >= 11 is 0. The maximum atomic E-state index is 9.47. The number of hydrogen-bond donors (Lipinski definition) is 3. The molecule has 80 valence electrons. The molecule has 0 unspecified atom stereocenters. The van der Waals surface area contributed by atoms with E-state index < -0.39 is 0 Å². The van der Waals surface area contributed by atoms with Crippen LogP contribution in [0.2, 0.25) is 0 Å². The van der Waals surface area contributed by atoms with E-state index in [2.05, 4.69) is 15.0 Å². The summed E-state index contributed by atoms with van der Waals surface area (Å²) in [6, 6.07) is 4.95. The van der Waals surface area contributed by atoms with Crippen LogP contribution in [0.3, 0.4) is 0 Å². The van der Waals surface area contributed by atoms with Crippen LogP contribution in [0.1, 0.15) is 5.82 Å². The monoisotopic (exact) mass is 214 g/mol. The Bertz CT molecular complexity index is 702. The number of phenolic OH excluding ortho intramolecular Hbond substituents is 1. The maximum Gasteiger partial charge on any atom is 0.150 e. The maximum absolute atomic E-state index is 9.47. The number of nitrogen functional groups attached to an aromatic ring is 1. The molecule has 16 heavy (non-hydrogen) atoms. The van der Waals surface area contributed by atoms with E-state index in [0.29, 0.717) is 5.82 Å². The number of nitrogens with two attached hydrogens (primary N) is 1. The first-order valence-corrected chi connectivity index (χ1v) is 4.89. The van der Waals surface area contributed by atoms with Gasteiger partial charge in [-0.3, -0.25) is 0 Å². The van der Waals surface area contributed by atoms with Gasteiger partial charge in [-0.2, -0.15) is 0 Å². The van der Waals surface area contributed by atoms with Gasteiger partial charge in [-0.05, 0) is 25.1 Å². The molecule has 0 spiro atoms. The Morgan fingerprint density at radius 2 is 2.12 bits per heavy atom. The number of hydrogen-bond acceptors (Lipinski definition) is 4. The normalized spacial score (nSPS) is 11.3. The fourth-order valence-corrected chi connectivity index (χ4v) is 1.87. The van der Waals surface area contributed by atoms with Crippen LogP contribution in [-0.4, -0.2) is 20.1 Å². The van der Waals surface area contributed by atoms with Crippen LogP contribution >= 0.6 is 0 Å². The predicted octanol–water partition coefficient (Wildman–Crippen LogP) is 1.71. The molecule has 1 aromatic carbocycles. The second kappa shape index (κ2) is 2.85. The predicted molar refractivity (Wildman–Crippen MR) is 62.2 cm³/mol. The number of rotatable bonds is 0. The van der Waals surface area contributed by atoms with Crippen molar-refractivity contribution < 1.29 is 5.11 Å². The van der Waals surface area contributed by atoms with E-state index in [1.54, 1.807) is 18.2 Å². The van der Waals surface area contributed by atoms with Crippen molar-refractivity contribution in [2.45, 2.75) is 6.92 Å². The second-order valence-electron chi connectivity index (χ2n) is 3.74. The van der Waals surface area contributed by atoms with Crippen molar-refractivity contribution in [3.8, 4) is 5.75 Å². The average Bonchev–Trinajstić information content (AvgIpc) is 2.62. The molecule has 4 N–H and O–H groups in total. The van der Waals surface area contributed by atoms with E-state index in [-0.39, 0.29) is 5.75 Å². The molecule has 0 aliphatic rings. The molecule has 2 aromatic heterocycles. The number of phenols is 1. The molecule has 0 aliphatic heterocycles. The first-order chi connectivity index (χ1) is 7.65. The number of aromatic amines is 1. The number of H-pyrrole nitrogens is 1. The quantitative estimate of drug-likeness (QED) is 0.531. The zero-order chi connectivity index (χ0) is 11.3. The van der Waals surface area contributed by atoms with Crippen LogP contribution in [0.25, 0.3) is 21.9 Å². The lowest BCUT2D eigenvalue weighted by Crippen LogP contribution is -1.92. The summed E-state index contributed by atoms with van der Waals surface area (Å²) in [4.78, 5) is 11.7. The highest BCUT2D eigenvalue weighted by Crippen LogP contribution is 2.28. The number of benzene rings is 1. The van der Waals surface area contributed by atoms with Gasteiger partial charge in [0.05, 0.1) is 5.52 Å². The summed E-state index contributed by atoms with van der Waals surface area (Å²) in [7, 11) is 0. The standard InChI is InChI=1S/C11H10N4O/c1-5-13-9-7-4-6(16)2-3-8(7)15-11(12)10(9)14-5/h2-4,16H,1H3,(H2,12,15)(H,13,14). The van der Waals surface area contributed by atoms with Crippen LogP contribution in [0, 0.1) is 6.92 Å². The number of nitrogens with zero attached hydrogens (tertiary/aromatic N) is 2. The number of aromatic hydroxyl groups is 1. The van der Waals surface area contributed by atoms with Crippen LogP contribution in [0.5, 0.6) is 5.75 Å². The summed E-state index contributed by atoms with van der Waals surface area (Å²) in [5, 5.41) is 10.3. The van der Waals surface area contributed by atoms with Crippen LogP contribution < -0.4 is 5.73 Å². The lowest BCUT2D eigenvalue weighted by atomic mass is 10.2. The summed E-state index contributed by atoms with van der Waals surface area (Å²) < 4.78 is 0. The molecule has 0 atom stereocenters. The molecule has 5 heteroatoms. The van der Waals surface area contributed by atoms with E-state index in [1.807, 2.05) is 6.92 Å². The van der Waals surface area contributed by atoms with Gasteiger partial charge < -0.3 is 15.8 Å². The largest absolute Gasteiger partial charge is 0.508 e. The van der Waals surface area contributed by atoms with Gasteiger partial charge in [0.2, 0.25) is 0 Å². The lowest BCUT2D eigenvalue weighted by molar-refractivity contribution is 0.476. The first-order valence-electron chi connectivity index (χ1n) is 4.89. The second-order valence-corrected chi connectivity index (χ2v) is 3.74. The highest BCUT2D eigenvalue weighted by atomic mass is 16.3. The van der Waals surface area contributed by atoms with Gasteiger partial charge in [-0.1, -0.05) is 0 Å². The Hall–Kier alpha value is -2.30. The zero-order valence-corrected chi connectivity index (χ0v) is 8.65. The number of imidazole rings is 1. The zero-order valence-electron chi connectivity index (χ0n) is 8.65. The van der Waals surface area contributed by atoms with Crippen molar-refractivity contribution in [3.63, 3.8) is 0 Å². The van der Waals surface area contributed by atoms with E-state index in [9.17, 15) is 5.11 Å². The van der Waals surface area contributed by atoms with E-state index in [0.717, 1.165) is 27.8 Å². The third-order valence-electron chi connectivity index (χ3n) is 2.55. The van der Waals surface area contributed by atoms with Gasteiger partial charge in [0.25, 0.3) is 0 Å². The fourth-order valence-electron chi connectivity index (χ4n) is 1.87. The van der Waals surface area contributed by atoms with Crippen LogP contribution in [0.4, 0.5) is 5.82 Å². The molecule has 2 heterocycles. The molecule has 0 fully saturated rings. The van der Waals surface area contributed by atoms with E-state index in [4.69, 9.17) is 5.73 Å². The molecule has 0 saturated carbocycles. The highest BCUT2D eigenvalue weighted by Gasteiger charge is 2.10. The van der Waals surface area contributed by atoms with Crippen molar-refractivity contribution >= 4 is 27.8 Å². The Labute approximate surface area is 90.9 Å². The smallest absolute Gasteiger partial charge is 0.150 e. The van der Waals surface area contributed by atoms with Crippen molar-refractivity contribution in [2.75, 3.05) is 5.73 Å². The summed E-state index contributed by atoms with van der Waals surface area (Å²) in [5.74, 6) is 1.40. The van der Waals surface area contributed by atoms with E-state index in [1.165, 1.54) is 0 Å². The fraction of sp³-hybridized carbons (Fsp3) is 0.0909. The SMILES string of the molecule is Cc1nc2c([nH]1)c(N)nc1ccc(O)cc12. The Kier molecular flexibility index (Phi) is 1.60. The summed E-state index contributed by atoms with van der Waals surface area (Å²) in [5.41, 5.74) is 8.02. The molecule has 3 rings (SSSR count). The average molecular weight is 214 g/mol. The minimum atomic E-state index is 0.195. The molecule has 0 radical (unpaired) electrons. The van der Waals surface area contributed by atoms with Crippen molar-refractivity contribution in [1.82, 2.24) is 15.0 Å². The number of aromatic nitrogens is 3. The third kappa shape index (κ3) is 1.11. The van der Waals surface area contributed by atoms with Gasteiger partial charge in [0.1, 0.15) is 28.4 Å². The van der Waals surface area contributed by atoms with Gasteiger partial charge in [-0.25, -0.2) is 9.97 Å². The topological polar surface area (TPSA) is 87.8 Å². The van der Waals surface area contributed by atoms with Gasteiger partial charge in [-0.15, -0.1) is 0 Å². The molecule has 0 amide bonds. The Morgan fingerprint density at radius 1 is 1.31 bits per heavy atom. The van der Waals surface area contributed by atoms with Gasteiger partial charge in [0, 0.05) is 5.39 Å².